The van der Waals surface area contributed by atoms with Gasteiger partial charge in [-0.2, -0.15) is 0 Å². The molecule has 0 aliphatic rings. The molecule has 0 aliphatic carbocycles. The van der Waals surface area contributed by atoms with Gasteiger partial charge >= 0.3 is 0 Å². The first-order valence-electron chi connectivity index (χ1n) is 7.62. The predicted octanol–water partition coefficient (Wildman–Crippen LogP) is 1.71. The number of amides is 3. The van der Waals surface area contributed by atoms with Gasteiger partial charge in [0, 0.05) is 24.9 Å². The molecule has 0 radical (unpaired) electrons. The number of nitrogens with one attached hydrogen (secondary N) is 2. The van der Waals surface area contributed by atoms with E-state index in [1.165, 1.54) is 30.2 Å². The maximum atomic E-state index is 12.4. The third-order valence-corrected chi connectivity index (χ3v) is 4.33. The summed E-state index contributed by atoms with van der Waals surface area (Å²) in [4.78, 5) is 37.9. The predicted molar refractivity (Wildman–Crippen MR) is 93.0 cm³/mol. The summed E-state index contributed by atoms with van der Waals surface area (Å²) in [6.45, 7) is 3.00. The van der Waals surface area contributed by atoms with Crippen LogP contribution < -0.4 is 10.6 Å². The average Bonchev–Trinajstić information content (AvgIpc) is 3.17. The molecule has 0 fully saturated rings. The van der Waals surface area contributed by atoms with Crippen LogP contribution in [0.3, 0.4) is 0 Å². The average molecular weight is 364 g/mol. The van der Waals surface area contributed by atoms with Crippen LogP contribution in [0.5, 0.6) is 0 Å². The number of aromatic nitrogens is 1. The van der Waals surface area contributed by atoms with Crippen molar-refractivity contribution in [1.82, 2.24) is 15.4 Å². The fourth-order valence-corrected chi connectivity index (χ4v) is 2.98. The Morgan fingerprint density at radius 1 is 1.40 bits per heavy atom. The number of aryl methyl sites for hydroxylation is 1. The summed E-state index contributed by atoms with van der Waals surface area (Å²) < 4.78 is 4.86. The Kier molecular flexibility index (Phi) is 6.29. The summed E-state index contributed by atoms with van der Waals surface area (Å²) in [6, 6.07) is 4.89. The lowest BCUT2D eigenvalue weighted by Gasteiger charge is -2.21. The van der Waals surface area contributed by atoms with E-state index in [9.17, 15) is 14.4 Å². The summed E-state index contributed by atoms with van der Waals surface area (Å²) in [6.07, 6.45) is 0.0763. The van der Waals surface area contributed by atoms with Crippen LogP contribution in [0, 0.1) is 6.92 Å². The van der Waals surface area contributed by atoms with Crippen molar-refractivity contribution in [3.8, 4) is 0 Å². The zero-order valence-electron chi connectivity index (χ0n) is 14.2. The second kappa shape index (κ2) is 8.43. The van der Waals surface area contributed by atoms with Crippen LogP contribution in [0.1, 0.15) is 30.0 Å². The highest BCUT2D eigenvalue weighted by atomic mass is 32.1. The lowest BCUT2D eigenvalue weighted by Crippen LogP contribution is -2.37. The topological polar surface area (TPSA) is 105 Å². The zero-order valence-corrected chi connectivity index (χ0v) is 15.1. The van der Waals surface area contributed by atoms with E-state index in [1.807, 2.05) is 17.5 Å². The molecule has 25 heavy (non-hydrogen) atoms. The number of hydrogen-bond donors (Lipinski definition) is 2. The summed E-state index contributed by atoms with van der Waals surface area (Å²) in [5.74, 6) is 0.0369. The number of likely N-dealkylation sites (N-methyl/N-ethyl adjacent to an activating group) is 1. The number of anilines is 1. The first-order valence-corrected chi connectivity index (χ1v) is 8.50. The van der Waals surface area contributed by atoms with E-state index in [2.05, 4.69) is 15.8 Å². The monoisotopic (exact) mass is 364 g/mol. The molecule has 8 nitrogen and oxygen atoms in total. The smallest absolute Gasteiger partial charge is 0.245 e. The van der Waals surface area contributed by atoms with E-state index < -0.39 is 6.04 Å². The molecule has 134 valence electrons. The van der Waals surface area contributed by atoms with Crippen molar-refractivity contribution in [2.24, 2.45) is 0 Å². The lowest BCUT2D eigenvalue weighted by molar-refractivity contribution is -0.134. The van der Waals surface area contributed by atoms with Crippen LogP contribution in [-0.4, -0.2) is 41.4 Å². The highest BCUT2D eigenvalue weighted by Crippen LogP contribution is 2.22. The molecule has 0 aliphatic heterocycles. The highest BCUT2D eigenvalue weighted by Gasteiger charge is 2.21. The van der Waals surface area contributed by atoms with Gasteiger partial charge in [0.2, 0.25) is 17.7 Å². The number of carbonyl (C=O) groups is 3. The van der Waals surface area contributed by atoms with E-state index in [4.69, 9.17) is 4.52 Å². The van der Waals surface area contributed by atoms with Gasteiger partial charge in [0.15, 0.2) is 5.82 Å². The summed E-state index contributed by atoms with van der Waals surface area (Å²) >= 11 is 1.46. The number of hydrogen-bond acceptors (Lipinski definition) is 6. The van der Waals surface area contributed by atoms with Crippen LogP contribution in [0.25, 0.3) is 0 Å². The molecule has 0 aromatic carbocycles. The molecule has 2 aromatic heterocycles. The molecule has 2 aromatic rings. The van der Waals surface area contributed by atoms with Crippen molar-refractivity contribution in [1.29, 1.82) is 0 Å². The quantitative estimate of drug-likeness (QED) is 0.778. The Morgan fingerprint density at radius 3 is 2.72 bits per heavy atom. The minimum Gasteiger partial charge on any atom is -0.360 e. The van der Waals surface area contributed by atoms with E-state index in [1.54, 1.807) is 13.0 Å². The second-order valence-electron chi connectivity index (χ2n) is 5.59. The number of rotatable bonds is 7. The molecule has 0 spiro atoms. The Hall–Kier alpha value is -2.68. The number of carbonyl (C=O) groups excluding carboxylic acids is 3. The fourth-order valence-electron chi connectivity index (χ4n) is 2.20. The number of thiophene rings is 1. The van der Waals surface area contributed by atoms with Crippen LogP contribution in [0.4, 0.5) is 5.82 Å². The van der Waals surface area contributed by atoms with Crippen LogP contribution in [0.2, 0.25) is 0 Å². The molecular formula is C16H20N4O4S. The van der Waals surface area contributed by atoms with Gasteiger partial charge in [-0.3, -0.25) is 14.4 Å². The molecular weight excluding hydrogens is 344 g/mol. The van der Waals surface area contributed by atoms with E-state index >= 15 is 0 Å². The van der Waals surface area contributed by atoms with Gasteiger partial charge in [-0.05, 0) is 18.4 Å². The molecule has 2 rings (SSSR count). The van der Waals surface area contributed by atoms with Crippen molar-refractivity contribution in [2.45, 2.75) is 26.3 Å². The molecule has 0 saturated heterocycles. The van der Waals surface area contributed by atoms with Crippen LogP contribution in [0.15, 0.2) is 28.1 Å². The van der Waals surface area contributed by atoms with Gasteiger partial charge in [-0.1, -0.05) is 11.2 Å². The van der Waals surface area contributed by atoms with Crippen molar-refractivity contribution in [3.05, 3.63) is 34.2 Å². The highest BCUT2D eigenvalue weighted by molar-refractivity contribution is 7.10. The fraction of sp³-hybridized carbons (Fsp3) is 0.375. The van der Waals surface area contributed by atoms with Gasteiger partial charge in [0.1, 0.15) is 5.76 Å². The summed E-state index contributed by atoms with van der Waals surface area (Å²) in [5, 5.41) is 10.9. The first kappa shape index (κ1) is 18.7. The van der Waals surface area contributed by atoms with Gasteiger partial charge in [-0.25, -0.2) is 0 Å². The third kappa shape index (κ3) is 5.71. The summed E-state index contributed by atoms with van der Waals surface area (Å²) in [5.41, 5.74) is 0. The third-order valence-electron chi connectivity index (χ3n) is 3.34. The normalized spacial score (nSPS) is 11.6. The molecule has 1 atom stereocenters. The largest absolute Gasteiger partial charge is 0.360 e. The van der Waals surface area contributed by atoms with Crippen molar-refractivity contribution in [2.75, 3.05) is 18.9 Å². The maximum Gasteiger partial charge on any atom is 0.245 e. The Balaban J connectivity index is 1.91. The van der Waals surface area contributed by atoms with Crippen LogP contribution >= 0.6 is 11.3 Å². The summed E-state index contributed by atoms with van der Waals surface area (Å²) in [7, 11) is 1.54. The zero-order chi connectivity index (χ0) is 18.4. The van der Waals surface area contributed by atoms with Crippen LogP contribution in [-0.2, 0) is 14.4 Å². The molecule has 3 amide bonds. The minimum atomic E-state index is -0.409. The van der Waals surface area contributed by atoms with Gasteiger partial charge < -0.3 is 20.1 Å². The minimum absolute atomic E-state index is 0.0763. The molecule has 2 heterocycles. The standard InChI is InChI=1S/C16H20N4O4S/c1-10-7-14(19-24-10)18-15(22)9-20(3)16(23)8-12(17-11(2)21)13-5-4-6-25-13/h4-7,12H,8-9H2,1-3H3,(H,17,21)(H,18,19,22). The molecule has 1 unspecified atom stereocenters. The maximum absolute atomic E-state index is 12.4. The lowest BCUT2D eigenvalue weighted by atomic mass is 10.1. The molecule has 2 N–H and O–H groups in total. The van der Waals surface area contributed by atoms with E-state index in [0.717, 1.165) is 4.88 Å². The van der Waals surface area contributed by atoms with Gasteiger partial charge in [-0.15, -0.1) is 11.3 Å². The van der Waals surface area contributed by atoms with Crippen molar-refractivity contribution >= 4 is 34.9 Å². The number of nitrogens with zero attached hydrogens (tertiary/aromatic N) is 2. The van der Waals surface area contributed by atoms with E-state index in [-0.39, 0.29) is 30.7 Å². The Labute approximate surface area is 149 Å². The SMILES string of the molecule is CC(=O)NC(CC(=O)N(C)CC(=O)Nc1cc(C)on1)c1cccs1. The first-order chi connectivity index (χ1) is 11.8. The van der Waals surface area contributed by atoms with E-state index in [0.29, 0.717) is 11.6 Å². The Morgan fingerprint density at radius 2 is 2.16 bits per heavy atom. The van der Waals surface area contributed by atoms with Gasteiger partial charge in [0.25, 0.3) is 0 Å². The van der Waals surface area contributed by atoms with Gasteiger partial charge in [0.05, 0.1) is 19.0 Å². The van der Waals surface area contributed by atoms with Crippen molar-refractivity contribution in [3.63, 3.8) is 0 Å². The second-order valence-corrected chi connectivity index (χ2v) is 6.57. The Bertz CT molecular complexity index is 741. The molecule has 0 bridgehead atoms. The van der Waals surface area contributed by atoms with Crippen molar-refractivity contribution < 1.29 is 18.9 Å². The molecule has 9 heteroatoms. The molecule has 0 saturated carbocycles.